The first kappa shape index (κ1) is 9.21. The van der Waals surface area contributed by atoms with Gasteiger partial charge in [-0.15, -0.1) is 0 Å². The zero-order chi connectivity index (χ0) is 10.3. The van der Waals surface area contributed by atoms with Crippen molar-refractivity contribution in [3.05, 3.63) is 34.2 Å². The van der Waals surface area contributed by atoms with Gasteiger partial charge in [0.25, 0.3) is 0 Å². The molecule has 0 saturated heterocycles. The molecule has 2 N–H and O–H groups in total. The van der Waals surface area contributed by atoms with Gasteiger partial charge in [-0.2, -0.15) is 0 Å². The van der Waals surface area contributed by atoms with Crippen molar-refractivity contribution in [2.75, 3.05) is 0 Å². The van der Waals surface area contributed by atoms with E-state index in [2.05, 4.69) is 20.9 Å². The Hall–Kier alpha value is -1.36. The number of aromatic carboxylic acids is 1. The summed E-state index contributed by atoms with van der Waals surface area (Å²) in [5, 5.41) is 9.15. The number of rotatable bonds is 1. The summed E-state index contributed by atoms with van der Waals surface area (Å²) in [7, 11) is 0. The highest BCUT2D eigenvalue weighted by Crippen LogP contribution is 2.26. The van der Waals surface area contributed by atoms with E-state index in [9.17, 15) is 9.18 Å². The van der Waals surface area contributed by atoms with Gasteiger partial charge >= 0.3 is 5.97 Å². The molecule has 0 unspecified atom stereocenters. The zero-order valence-corrected chi connectivity index (χ0v) is 8.43. The minimum absolute atomic E-state index is 0.0754. The van der Waals surface area contributed by atoms with E-state index in [4.69, 9.17) is 5.11 Å². The molecular weight excluding hydrogens is 253 g/mol. The minimum Gasteiger partial charge on any atom is -0.478 e. The average Bonchev–Trinajstić information content (AvgIpc) is 2.55. The monoisotopic (exact) mass is 257 g/mol. The Morgan fingerprint density at radius 2 is 2.21 bits per heavy atom. The summed E-state index contributed by atoms with van der Waals surface area (Å²) in [5.41, 5.74) is 0.281. The Balaban J connectivity index is 2.83. The molecular formula is C9H5BrFNO2. The second-order valence-corrected chi connectivity index (χ2v) is 3.65. The number of hydrogen-bond donors (Lipinski definition) is 2. The fourth-order valence-electron chi connectivity index (χ4n) is 1.32. The number of nitrogens with one attached hydrogen (secondary N) is 1. The molecule has 0 radical (unpaired) electrons. The molecule has 1 aromatic heterocycles. The maximum Gasteiger partial charge on any atom is 0.337 e. The molecule has 0 amide bonds. The topological polar surface area (TPSA) is 53.1 Å². The first-order valence-corrected chi connectivity index (χ1v) is 4.59. The zero-order valence-electron chi connectivity index (χ0n) is 6.84. The van der Waals surface area contributed by atoms with Crippen LogP contribution >= 0.6 is 15.9 Å². The number of halogens is 2. The SMILES string of the molecule is O=C(O)c1c[nH]c2c(F)c(Br)ccc12. The number of aromatic nitrogens is 1. The van der Waals surface area contributed by atoms with Crippen molar-refractivity contribution in [1.82, 2.24) is 4.98 Å². The molecule has 0 aliphatic carbocycles. The Bertz CT molecular complexity index is 521. The van der Waals surface area contributed by atoms with Gasteiger partial charge < -0.3 is 10.1 Å². The molecule has 0 bridgehead atoms. The molecule has 1 heterocycles. The number of aromatic amines is 1. The van der Waals surface area contributed by atoms with Gasteiger partial charge in [-0.1, -0.05) is 6.07 Å². The molecule has 72 valence electrons. The van der Waals surface area contributed by atoms with E-state index in [0.29, 0.717) is 9.86 Å². The Labute approximate surface area is 86.7 Å². The lowest BCUT2D eigenvalue weighted by Crippen LogP contribution is -1.93. The first-order valence-electron chi connectivity index (χ1n) is 3.79. The molecule has 0 aliphatic heterocycles. The van der Waals surface area contributed by atoms with Crippen LogP contribution in [0, 0.1) is 5.82 Å². The molecule has 2 rings (SSSR count). The van der Waals surface area contributed by atoms with Crippen LogP contribution in [0.15, 0.2) is 22.8 Å². The van der Waals surface area contributed by atoms with Crippen LogP contribution < -0.4 is 0 Å². The Morgan fingerprint density at radius 1 is 1.50 bits per heavy atom. The van der Waals surface area contributed by atoms with Gasteiger partial charge in [0.05, 0.1) is 15.6 Å². The maximum absolute atomic E-state index is 13.4. The van der Waals surface area contributed by atoms with Crippen molar-refractivity contribution in [2.24, 2.45) is 0 Å². The summed E-state index contributed by atoms with van der Waals surface area (Å²) in [4.78, 5) is 13.3. The largest absolute Gasteiger partial charge is 0.478 e. The van der Waals surface area contributed by atoms with Gasteiger partial charge in [-0.25, -0.2) is 9.18 Å². The van der Waals surface area contributed by atoms with Crippen LogP contribution in [-0.4, -0.2) is 16.1 Å². The lowest BCUT2D eigenvalue weighted by atomic mass is 10.2. The smallest absolute Gasteiger partial charge is 0.337 e. The van der Waals surface area contributed by atoms with E-state index in [1.807, 2.05) is 0 Å². The summed E-state index contributed by atoms with van der Waals surface area (Å²) in [5.74, 6) is -1.55. The molecule has 0 saturated carbocycles. The third kappa shape index (κ3) is 1.21. The highest BCUT2D eigenvalue weighted by atomic mass is 79.9. The number of carboxylic acids is 1. The number of hydrogen-bond acceptors (Lipinski definition) is 1. The average molecular weight is 258 g/mol. The van der Waals surface area contributed by atoms with Gasteiger partial charge in [-0.3, -0.25) is 0 Å². The lowest BCUT2D eigenvalue weighted by Gasteiger charge is -1.96. The van der Waals surface area contributed by atoms with Crippen LogP contribution in [0.3, 0.4) is 0 Å². The molecule has 0 spiro atoms. The second kappa shape index (κ2) is 3.09. The maximum atomic E-state index is 13.4. The van der Waals surface area contributed by atoms with Crippen molar-refractivity contribution < 1.29 is 14.3 Å². The standard InChI is InChI=1S/C9H5BrFNO2/c10-6-2-1-4-5(9(13)14)3-12-8(4)7(6)11/h1-3,12H,(H,13,14). The van der Waals surface area contributed by atoms with Crippen LogP contribution in [0.1, 0.15) is 10.4 Å². The quantitative estimate of drug-likeness (QED) is 0.826. The summed E-state index contributed by atoms with van der Waals surface area (Å²) >= 11 is 3.02. The van der Waals surface area contributed by atoms with Crippen molar-refractivity contribution in [1.29, 1.82) is 0 Å². The molecule has 14 heavy (non-hydrogen) atoms. The molecule has 5 heteroatoms. The summed E-state index contributed by atoms with van der Waals surface area (Å²) in [6, 6.07) is 3.04. The number of H-pyrrole nitrogens is 1. The van der Waals surface area contributed by atoms with Crippen molar-refractivity contribution in [2.45, 2.75) is 0 Å². The Morgan fingerprint density at radius 3 is 2.86 bits per heavy atom. The van der Waals surface area contributed by atoms with E-state index in [0.717, 1.165) is 0 Å². The van der Waals surface area contributed by atoms with Crippen molar-refractivity contribution >= 4 is 32.8 Å². The van der Waals surface area contributed by atoms with Gasteiger partial charge in [-0.05, 0) is 22.0 Å². The fraction of sp³-hybridized carbons (Fsp3) is 0. The van der Waals surface area contributed by atoms with Gasteiger partial charge in [0, 0.05) is 11.6 Å². The van der Waals surface area contributed by atoms with E-state index in [1.54, 1.807) is 6.07 Å². The molecule has 0 fully saturated rings. The third-order valence-electron chi connectivity index (χ3n) is 1.98. The number of carbonyl (C=O) groups is 1. The van der Waals surface area contributed by atoms with Gasteiger partial charge in [0.1, 0.15) is 0 Å². The highest BCUT2D eigenvalue weighted by molar-refractivity contribution is 9.10. The first-order chi connectivity index (χ1) is 6.61. The second-order valence-electron chi connectivity index (χ2n) is 2.79. The van der Waals surface area contributed by atoms with E-state index >= 15 is 0 Å². The normalized spacial score (nSPS) is 10.7. The van der Waals surface area contributed by atoms with Crippen LogP contribution in [0.5, 0.6) is 0 Å². The number of benzene rings is 1. The van der Waals surface area contributed by atoms with Gasteiger partial charge in [0.2, 0.25) is 0 Å². The highest BCUT2D eigenvalue weighted by Gasteiger charge is 2.14. The summed E-state index contributed by atoms with van der Waals surface area (Å²) in [6.45, 7) is 0. The van der Waals surface area contributed by atoms with Crippen molar-refractivity contribution in [3.63, 3.8) is 0 Å². The van der Waals surface area contributed by atoms with Crippen LogP contribution in [-0.2, 0) is 0 Å². The molecule has 0 aliphatic rings. The molecule has 1 aromatic carbocycles. The third-order valence-corrected chi connectivity index (χ3v) is 2.59. The van der Waals surface area contributed by atoms with Gasteiger partial charge in [0.15, 0.2) is 5.82 Å². The van der Waals surface area contributed by atoms with E-state index in [-0.39, 0.29) is 11.1 Å². The van der Waals surface area contributed by atoms with E-state index < -0.39 is 11.8 Å². The predicted molar refractivity (Wildman–Crippen MR) is 52.9 cm³/mol. The molecule has 2 aromatic rings. The lowest BCUT2D eigenvalue weighted by molar-refractivity contribution is 0.0699. The molecule has 0 atom stereocenters. The fourth-order valence-corrected chi connectivity index (χ4v) is 1.65. The number of fused-ring (bicyclic) bond motifs is 1. The van der Waals surface area contributed by atoms with Crippen LogP contribution in [0.2, 0.25) is 0 Å². The summed E-state index contributed by atoms with van der Waals surface area (Å²) < 4.78 is 13.7. The Kier molecular flexibility index (Phi) is 2.03. The van der Waals surface area contributed by atoms with Crippen LogP contribution in [0.25, 0.3) is 10.9 Å². The predicted octanol–water partition coefficient (Wildman–Crippen LogP) is 2.77. The van der Waals surface area contributed by atoms with Crippen LogP contribution in [0.4, 0.5) is 4.39 Å². The molecule has 3 nitrogen and oxygen atoms in total. The van der Waals surface area contributed by atoms with E-state index in [1.165, 1.54) is 12.3 Å². The summed E-state index contributed by atoms with van der Waals surface area (Å²) in [6.07, 6.45) is 1.28. The van der Waals surface area contributed by atoms with Crippen molar-refractivity contribution in [3.8, 4) is 0 Å². The number of carboxylic acid groups (broad SMARTS) is 1. The minimum atomic E-state index is -1.07.